The Hall–Kier alpha value is -3.39. The van der Waals surface area contributed by atoms with Crippen LogP contribution in [0.4, 0.5) is 22.7 Å². The zero-order chi connectivity index (χ0) is 34.6. The van der Waals surface area contributed by atoms with Crippen molar-refractivity contribution >= 4 is 137 Å². The van der Waals surface area contributed by atoms with Gasteiger partial charge in [0.2, 0.25) is 0 Å². The third-order valence-electron chi connectivity index (χ3n) is 6.68. The first-order chi connectivity index (χ1) is 22.7. The van der Waals surface area contributed by atoms with Gasteiger partial charge in [-0.05, 0) is 53.2 Å². The Morgan fingerprint density at radius 3 is 1.59 bits per heavy atom. The predicted octanol–water partition coefficient (Wildman–Crippen LogP) is 8.37. The third kappa shape index (κ3) is 9.44. The number of aromatic hydroxyl groups is 1. The molecule has 0 aliphatic heterocycles. The second-order valence-electron chi connectivity index (χ2n) is 9.84. The summed E-state index contributed by atoms with van der Waals surface area (Å²) in [6, 6.07) is 27.8. The van der Waals surface area contributed by atoms with Crippen molar-refractivity contribution in [3.63, 3.8) is 0 Å². The Morgan fingerprint density at radius 2 is 1.06 bits per heavy atom. The molecule has 0 atom stereocenters. The number of rotatable bonds is 6. The molecule has 49 heavy (non-hydrogen) atoms. The van der Waals surface area contributed by atoms with Crippen molar-refractivity contribution in [2.75, 3.05) is 0 Å². The van der Waals surface area contributed by atoms with Crippen LogP contribution in [0.2, 0.25) is 10.0 Å². The number of phenols is 1. The van der Waals surface area contributed by atoms with E-state index in [1.165, 1.54) is 30.3 Å². The minimum atomic E-state index is -4.60. The SMILES string of the molecule is O=S(=O)(O)c1ccc(N=Nc2c(O)ccc3ccccc23)c(Cl)c1.O=S(=O)([O-])c1ccc(N=Nc2c([O-])ccc3ccccc23)c(Cl)c1.[Ba+2]. The molecule has 12 nitrogen and oxygen atoms in total. The summed E-state index contributed by atoms with van der Waals surface area (Å²) in [5, 5.41) is 40.9. The summed E-state index contributed by atoms with van der Waals surface area (Å²) in [7, 11) is -8.94. The maximum absolute atomic E-state index is 12.0. The summed E-state index contributed by atoms with van der Waals surface area (Å²) in [4.78, 5) is -0.791. The van der Waals surface area contributed by atoms with Crippen molar-refractivity contribution in [3.8, 4) is 11.5 Å². The van der Waals surface area contributed by atoms with Crippen molar-refractivity contribution < 1.29 is 36.2 Å². The van der Waals surface area contributed by atoms with E-state index in [4.69, 9.17) is 27.8 Å². The fourth-order valence-electron chi connectivity index (χ4n) is 4.35. The third-order valence-corrected chi connectivity index (χ3v) is 8.97. The number of azo groups is 2. The first-order valence-electron chi connectivity index (χ1n) is 13.5. The maximum Gasteiger partial charge on any atom is 2.00 e. The van der Waals surface area contributed by atoms with E-state index < -0.39 is 25.1 Å². The van der Waals surface area contributed by atoms with Gasteiger partial charge in [0.15, 0.2) is 0 Å². The van der Waals surface area contributed by atoms with Crippen LogP contribution in [0.1, 0.15) is 0 Å². The minimum Gasteiger partial charge on any atom is -0.871 e. The minimum absolute atomic E-state index is 0. The molecular formula is C32H20BaCl2N4O8S2. The van der Waals surface area contributed by atoms with E-state index in [0.29, 0.717) is 10.8 Å². The largest absolute Gasteiger partial charge is 2.00 e. The van der Waals surface area contributed by atoms with Gasteiger partial charge in [0.05, 0.1) is 25.5 Å². The molecule has 0 heterocycles. The topological polar surface area (TPSA) is 204 Å². The van der Waals surface area contributed by atoms with Crippen LogP contribution < -0.4 is 5.11 Å². The molecule has 6 aromatic rings. The Balaban J connectivity index is 0.000000216. The Bertz CT molecular complexity index is 2310. The number of halogens is 2. The number of benzene rings is 6. The van der Waals surface area contributed by atoms with Crippen molar-refractivity contribution in [2.24, 2.45) is 20.5 Å². The fraction of sp³-hybridized carbons (Fsp3) is 0. The van der Waals surface area contributed by atoms with Crippen LogP contribution in [0.25, 0.3) is 21.5 Å². The number of phenolic OH excluding ortho intramolecular Hbond substituents is 1. The van der Waals surface area contributed by atoms with E-state index in [-0.39, 0.29) is 98.1 Å². The van der Waals surface area contributed by atoms with Gasteiger partial charge in [-0.15, -0.1) is 15.3 Å². The Morgan fingerprint density at radius 1 is 0.592 bits per heavy atom. The normalized spacial score (nSPS) is 11.8. The van der Waals surface area contributed by atoms with E-state index in [9.17, 15) is 31.6 Å². The number of hydrogen-bond donors (Lipinski definition) is 2. The molecule has 0 unspecified atom stereocenters. The average Bonchev–Trinajstić information content (AvgIpc) is 3.04. The molecule has 0 aliphatic carbocycles. The average molecular weight is 861 g/mol. The molecule has 6 aromatic carbocycles. The van der Waals surface area contributed by atoms with Crippen LogP contribution in [-0.2, 0) is 20.2 Å². The van der Waals surface area contributed by atoms with E-state index in [1.54, 1.807) is 30.3 Å². The van der Waals surface area contributed by atoms with Crippen LogP contribution in [0.15, 0.2) is 139 Å². The van der Waals surface area contributed by atoms with Crippen LogP contribution in [0, 0.1) is 0 Å². The Kier molecular flexibility index (Phi) is 12.6. The summed E-state index contributed by atoms with van der Waals surface area (Å²) in [5.74, 6) is -0.338. The van der Waals surface area contributed by atoms with Crippen LogP contribution >= 0.6 is 23.2 Å². The van der Waals surface area contributed by atoms with E-state index in [2.05, 4.69) is 20.5 Å². The van der Waals surface area contributed by atoms with Gasteiger partial charge >= 0.3 is 48.9 Å². The summed E-state index contributed by atoms with van der Waals surface area (Å²) in [6.07, 6.45) is 0. The fourth-order valence-corrected chi connectivity index (χ4v) is 5.92. The molecule has 0 aliphatic rings. The van der Waals surface area contributed by atoms with Crippen LogP contribution in [0.3, 0.4) is 0 Å². The van der Waals surface area contributed by atoms with Gasteiger partial charge in [0.25, 0.3) is 10.1 Å². The van der Waals surface area contributed by atoms with Crippen molar-refractivity contribution in [1.82, 2.24) is 0 Å². The molecule has 0 radical (unpaired) electrons. The predicted molar refractivity (Wildman–Crippen MR) is 184 cm³/mol. The summed E-state index contributed by atoms with van der Waals surface area (Å²) < 4.78 is 64.0. The summed E-state index contributed by atoms with van der Waals surface area (Å²) >= 11 is 11.9. The second kappa shape index (κ2) is 16.1. The van der Waals surface area contributed by atoms with Gasteiger partial charge in [-0.1, -0.05) is 95.7 Å². The van der Waals surface area contributed by atoms with Gasteiger partial charge < -0.3 is 14.8 Å². The zero-order valence-electron chi connectivity index (χ0n) is 24.8. The van der Waals surface area contributed by atoms with E-state index >= 15 is 0 Å². The first kappa shape index (κ1) is 38.4. The smallest absolute Gasteiger partial charge is 0.871 e. The molecule has 0 aromatic heterocycles. The summed E-state index contributed by atoms with van der Waals surface area (Å²) in [5.41, 5.74) is 0.792. The van der Waals surface area contributed by atoms with Gasteiger partial charge in [-0.2, -0.15) is 13.5 Å². The van der Waals surface area contributed by atoms with Gasteiger partial charge in [0.1, 0.15) is 32.9 Å². The molecule has 0 bridgehead atoms. The summed E-state index contributed by atoms with van der Waals surface area (Å²) in [6.45, 7) is 0. The van der Waals surface area contributed by atoms with Gasteiger partial charge in [-0.3, -0.25) is 4.55 Å². The molecule has 6 rings (SSSR count). The molecular weight excluding hydrogens is 841 g/mol. The molecule has 0 amide bonds. The van der Waals surface area contributed by atoms with E-state index in [0.717, 1.165) is 29.0 Å². The molecule has 0 spiro atoms. The maximum atomic E-state index is 12.0. The standard InChI is InChI=1S/2C16H11ClN2O4S.Ba/c2*17-13-9-11(24(21,22)23)6-7-14(13)18-19-16-12-4-2-1-3-10(12)5-8-15(16)20;/h2*1-9,20H,(H,21,22,23);/q;;+2/p-2. The van der Waals surface area contributed by atoms with Gasteiger partial charge in [-0.25, -0.2) is 8.42 Å². The molecule has 0 saturated carbocycles. The van der Waals surface area contributed by atoms with Crippen LogP contribution in [0.5, 0.6) is 11.5 Å². The molecule has 0 saturated heterocycles. The molecule has 0 fully saturated rings. The Labute approximate surface area is 330 Å². The quantitative estimate of drug-likeness (QED) is 0.0944. The molecule has 2 N–H and O–H groups in total. The second-order valence-corrected chi connectivity index (χ2v) is 13.5. The van der Waals surface area contributed by atoms with Crippen LogP contribution in [-0.4, -0.2) is 79.9 Å². The molecule has 17 heteroatoms. The van der Waals surface area contributed by atoms with Crippen molar-refractivity contribution in [3.05, 3.63) is 119 Å². The van der Waals surface area contributed by atoms with Crippen molar-refractivity contribution in [1.29, 1.82) is 0 Å². The molecule has 244 valence electrons. The number of fused-ring (bicyclic) bond motifs is 2. The van der Waals surface area contributed by atoms with Crippen molar-refractivity contribution in [2.45, 2.75) is 9.79 Å². The number of nitrogens with zero attached hydrogens (tertiary/aromatic N) is 4. The van der Waals surface area contributed by atoms with E-state index in [1.807, 2.05) is 30.3 Å². The number of hydrogen-bond acceptors (Lipinski definition) is 11. The van der Waals surface area contributed by atoms with Gasteiger partial charge in [0, 0.05) is 10.8 Å². The first-order valence-corrected chi connectivity index (χ1v) is 17.1. The monoisotopic (exact) mass is 860 g/mol. The zero-order valence-corrected chi connectivity index (χ0v) is 32.4.